The maximum Gasteiger partial charge on any atom is 0.335 e. The van der Waals surface area contributed by atoms with Crippen LogP contribution in [0.4, 0.5) is 26.3 Å². The van der Waals surface area contributed by atoms with Crippen molar-refractivity contribution >= 4 is 22.9 Å². The van der Waals surface area contributed by atoms with Crippen molar-refractivity contribution in [3.05, 3.63) is 100 Å². The number of aromatic nitrogens is 5. The highest BCUT2D eigenvalue weighted by molar-refractivity contribution is 5.90. The Kier molecular flexibility index (Phi) is 6.86. The zero-order valence-electron chi connectivity index (χ0n) is 23.4. The van der Waals surface area contributed by atoms with Gasteiger partial charge in [0.2, 0.25) is 5.91 Å². The summed E-state index contributed by atoms with van der Waals surface area (Å²) < 4.78 is 86.9. The first-order valence-electron chi connectivity index (χ1n) is 14.1. The molecule has 3 N–H and O–H groups in total. The van der Waals surface area contributed by atoms with E-state index in [-0.39, 0.29) is 35.2 Å². The molecule has 3 atom stereocenters. The molecule has 9 nitrogen and oxygen atoms in total. The maximum atomic E-state index is 15.1. The van der Waals surface area contributed by atoms with Crippen molar-refractivity contribution in [2.24, 2.45) is 5.92 Å². The Morgan fingerprint density at radius 2 is 1.85 bits per heavy atom. The number of nitrogens with zero attached hydrogens (tertiary/aromatic N) is 4. The normalized spacial score (nSPS) is 18.4. The van der Waals surface area contributed by atoms with Gasteiger partial charge in [-0.05, 0) is 60.2 Å². The molecule has 15 heteroatoms. The van der Waals surface area contributed by atoms with Crippen molar-refractivity contribution in [3.63, 3.8) is 0 Å². The van der Waals surface area contributed by atoms with Crippen molar-refractivity contribution in [1.29, 1.82) is 0 Å². The third kappa shape index (κ3) is 5.04. The van der Waals surface area contributed by atoms with Crippen molar-refractivity contribution in [2.45, 2.75) is 43.7 Å². The molecule has 0 saturated heterocycles. The van der Waals surface area contributed by atoms with Gasteiger partial charge in [0.15, 0.2) is 0 Å². The van der Waals surface area contributed by atoms with Crippen molar-refractivity contribution in [1.82, 2.24) is 30.3 Å². The quantitative estimate of drug-likeness (QED) is 0.169. The maximum absolute atomic E-state index is 15.1. The fourth-order valence-corrected chi connectivity index (χ4v) is 6.34. The van der Waals surface area contributed by atoms with E-state index < -0.39 is 71.7 Å². The first-order valence-corrected chi connectivity index (χ1v) is 14.1. The summed E-state index contributed by atoms with van der Waals surface area (Å²) in [4.78, 5) is 29.9. The zero-order valence-corrected chi connectivity index (χ0v) is 23.4. The van der Waals surface area contributed by atoms with Crippen LogP contribution in [0.3, 0.4) is 0 Å². The third-order valence-corrected chi connectivity index (χ3v) is 8.36. The Hall–Kier alpha value is -5.21. The Bertz CT molecular complexity index is 2020. The number of rotatable bonds is 9. The number of carboxylic acids is 1. The van der Waals surface area contributed by atoms with Gasteiger partial charge in [-0.2, -0.15) is 19.0 Å². The van der Waals surface area contributed by atoms with Crippen LogP contribution in [0.2, 0.25) is 0 Å². The first kappa shape index (κ1) is 29.5. The number of aromatic carboxylic acids is 1. The molecule has 2 aliphatic carbocycles. The Labute approximate surface area is 255 Å². The van der Waals surface area contributed by atoms with E-state index in [2.05, 4.69) is 25.6 Å². The van der Waals surface area contributed by atoms with Crippen LogP contribution in [0.5, 0.6) is 0 Å². The lowest BCUT2D eigenvalue weighted by Gasteiger charge is -2.23. The average molecular weight is 641 g/mol. The molecule has 0 radical (unpaired) electrons. The lowest BCUT2D eigenvalue weighted by Crippen LogP contribution is -2.35. The van der Waals surface area contributed by atoms with Crippen LogP contribution >= 0.6 is 0 Å². The summed E-state index contributed by atoms with van der Waals surface area (Å²) in [6.45, 7) is -0.851. The van der Waals surface area contributed by atoms with Crippen molar-refractivity contribution in [2.75, 3.05) is 0 Å². The molecule has 1 saturated carbocycles. The number of halogens is 6. The lowest BCUT2D eigenvalue weighted by atomic mass is 9.94. The van der Waals surface area contributed by atoms with Crippen LogP contribution in [0.25, 0.3) is 22.2 Å². The molecule has 3 heterocycles. The molecule has 3 aromatic heterocycles. The molecule has 1 amide bonds. The van der Waals surface area contributed by atoms with Crippen LogP contribution in [0.1, 0.15) is 63.4 Å². The van der Waals surface area contributed by atoms with E-state index in [4.69, 9.17) is 0 Å². The second kappa shape index (κ2) is 10.7. The molecule has 46 heavy (non-hydrogen) atoms. The van der Waals surface area contributed by atoms with Gasteiger partial charge in [-0.25, -0.2) is 27.3 Å². The highest BCUT2D eigenvalue weighted by Gasteiger charge is 2.67. The fraction of sp³-hybridized carbons (Fsp3) is 0.258. The van der Waals surface area contributed by atoms with Gasteiger partial charge in [-0.3, -0.25) is 14.6 Å². The number of benzene rings is 2. The SMILES string of the molecule is O=C(Cn1nc(C(F)F)c2c1C(F)(F)[C@@H]1C[C@H]21)NC(Cc1cc(F)cc(F)c1)c1nc2cn[nH]c2cc1-c1cccc(C(=O)O)c1. The second-order valence-electron chi connectivity index (χ2n) is 11.4. The molecule has 1 fully saturated rings. The highest BCUT2D eigenvalue weighted by atomic mass is 19.3. The number of H-pyrrole nitrogens is 1. The summed E-state index contributed by atoms with van der Waals surface area (Å²) >= 11 is 0. The number of aromatic amines is 1. The van der Waals surface area contributed by atoms with Crippen molar-refractivity contribution in [3.8, 4) is 11.1 Å². The third-order valence-electron chi connectivity index (χ3n) is 8.36. The molecular formula is C31H22F6N6O3. The van der Waals surface area contributed by atoms with Crippen LogP contribution in [-0.4, -0.2) is 41.9 Å². The molecule has 0 bridgehead atoms. The van der Waals surface area contributed by atoms with E-state index in [9.17, 15) is 32.3 Å². The summed E-state index contributed by atoms with van der Waals surface area (Å²) in [5, 5.41) is 22.7. The predicted molar refractivity (Wildman–Crippen MR) is 149 cm³/mol. The molecule has 7 rings (SSSR count). The van der Waals surface area contributed by atoms with Crippen LogP contribution < -0.4 is 5.32 Å². The Morgan fingerprint density at radius 3 is 2.57 bits per heavy atom. The predicted octanol–water partition coefficient (Wildman–Crippen LogP) is 6.04. The van der Waals surface area contributed by atoms with Gasteiger partial charge in [-0.1, -0.05) is 12.1 Å². The Morgan fingerprint density at radius 1 is 1.09 bits per heavy atom. The summed E-state index contributed by atoms with van der Waals surface area (Å²) in [5.41, 5.74) is -0.0493. The van der Waals surface area contributed by atoms with Gasteiger partial charge in [0, 0.05) is 23.1 Å². The number of carboxylic acid groups (broad SMARTS) is 1. The number of carbonyl (C=O) groups excluding carboxylic acids is 1. The number of hydrogen-bond acceptors (Lipinski definition) is 5. The number of amides is 1. The van der Waals surface area contributed by atoms with Crippen LogP contribution in [0, 0.1) is 17.6 Å². The standard InChI is InChI=1S/C31H22F6N6O3/c32-16-4-13(5-17(33)8-16)6-22(26-18(10-21-23(40-26)11-38-41-21)14-2-1-3-15(7-14)30(45)46)39-24(44)12-43-28-25(27(42-43)29(34)35)19-9-20(19)31(28,36)37/h1-5,7-8,10-11,19-20,22,29H,6,9,12H2,(H,38,41)(H,39,44)(H,45,46)/t19-,20+,22?/m0/s1. The summed E-state index contributed by atoms with van der Waals surface area (Å²) in [6, 6.07) is 9.04. The van der Waals surface area contributed by atoms with E-state index in [1.807, 2.05) is 0 Å². The van der Waals surface area contributed by atoms with E-state index in [1.165, 1.54) is 24.4 Å². The summed E-state index contributed by atoms with van der Waals surface area (Å²) in [6.07, 6.45) is -1.93. The van der Waals surface area contributed by atoms with Gasteiger partial charge < -0.3 is 10.4 Å². The van der Waals surface area contributed by atoms with E-state index in [1.54, 1.807) is 12.1 Å². The van der Waals surface area contributed by atoms with E-state index in [0.29, 0.717) is 32.9 Å². The zero-order chi connectivity index (χ0) is 32.5. The number of carbonyl (C=O) groups is 2. The minimum absolute atomic E-state index is 0.0534. The lowest BCUT2D eigenvalue weighted by molar-refractivity contribution is -0.123. The van der Waals surface area contributed by atoms with Gasteiger partial charge in [-0.15, -0.1) is 0 Å². The van der Waals surface area contributed by atoms with Gasteiger partial charge in [0.05, 0.1) is 29.0 Å². The van der Waals surface area contributed by atoms with Gasteiger partial charge in [0.1, 0.15) is 35.1 Å². The second-order valence-corrected chi connectivity index (χ2v) is 11.4. The molecule has 5 aromatic rings. The van der Waals surface area contributed by atoms with Crippen LogP contribution in [-0.2, 0) is 23.7 Å². The molecular weight excluding hydrogens is 618 g/mol. The average Bonchev–Trinajstić information content (AvgIpc) is 3.40. The topological polar surface area (TPSA) is 126 Å². The molecule has 2 aromatic carbocycles. The molecule has 1 unspecified atom stereocenters. The summed E-state index contributed by atoms with van der Waals surface area (Å²) in [7, 11) is 0. The summed E-state index contributed by atoms with van der Waals surface area (Å²) in [5.74, 6) is -9.23. The fourth-order valence-electron chi connectivity index (χ4n) is 6.34. The number of alkyl halides is 4. The monoisotopic (exact) mass is 640 g/mol. The molecule has 0 spiro atoms. The Balaban J connectivity index is 1.31. The highest BCUT2D eigenvalue weighted by Crippen LogP contribution is 2.68. The number of pyridine rings is 1. The number of nitrogens with one attached hydrogen (secondary N) is 2. The van der Waals surface area contributed by atoms with Gasteiger partial charge in [0.25, 0.3) is 12.3 Å². The largest absolute Gasteiger partial charge is 0.478 e. The van der Waals surface area contributed by atoms with Crippen LogP contribution in [0.15, 0.2) is 54.7 Å². The van der Waals surface area contributed by atoms with Gasteiger partial charge >= 0.3 is 5.97 Å². The smallest absolute Gasteiger partial charge is 0.335 e. The minimum Gasteiger partial charge on any atom is -0.478 e. The van der Waals surface area contributed by atoms with E-state index in [0.717, 1.165) is 12.1 Å². The molecule has 236 valence electrons. The van der Waals surface area contributed by atoms with Crippen molar-refractivity contribution < 1.29 is 41.0 Å². The van der Waals surface area contributed by atoms with E-state index >= 15 is 8.78 Å². The number of fused-ring (bicyclic) bond motifs is 4. The first-order chi connectivity index (χ1) is 21.9. The number of hydrogen-bond donors (Lipinski definition) is 3. The minimum atomic E-state index is -3.45. The molecule has 0 aliphatic heterocycles. The molecule has 2 aliphatic rings.